The molecule has 0 aliphatic rings. The molecule has 0 radical (unpaired) electrons. The molecular weight excluding hydrogens is 816 g/mol. The minimum Gasteiger partial charge on any atom is -0.391 e. The lowest BCUT2D eigenvalue weighted by Gasteiger charge is -2.26. The molecule has 0 aromatic rings. The predicted molar refractivity (Wildman–Crippen MR) is 276 cm³/mol. The van der Waals surface area contributed by atoms with E-state index in [0.717, 1.165) is 116 Å². The molecule has 3 N–H and O–H groups in total. The number of aliphatic hydroxyl groups excluding tert-OH is 1. The molecular formula is C55H96N2O6P+. The third kappa shape index (κ3) is 47.1. The molecule has 0 aliphatic heterocycles. The Morgan fingerprint density at radius 1 is 0.547 bits per heavy atom. The van der Waals surface area contributed by atoms with E-state index in [1.54, 1.807) is 0 Å². The summed E-state index contributed by atoms with van der Waals surface area (Å²) in [5.74, 6) is -0.171. The van der Waals surface area contributed by atoms with Crippen LogP contribution in [-0.2, 0) is 18.4 Å². The van der Waals surface area contributed by atoms with Gasteiger partial charge in [0.05, 0.1) is 39.9 Å². The number of unbranched alkanes of at least 4 members (excludes halogenated alkanes) is 13. The van der Waals surface area contributed by atoms with Gasteiger partial charge in [-0.15, -0.1) is 0 Å². The van der Waals surface area contributed by atoms with Gasteiger partial charge in [-0.3, -0.25) is 13.8 Å². The topological polar surface area (TPSA) is 105 Å². The van der Waals surface area contributed by atoms with E-state index in [4.69, 9.17) is 9.05 Å². The Morgan fingerprint density at radius 3 is 1.38 bits per heavy atom. The number of carbonyl (C=O) groups excluding carboxylic acids is 1. The maximum absolute atomic E-state index is 12.9. The van der Waals surface area contributed by atoms with Gasteiger partial charge in [0.15, 0.2) is 0 Å². The molecule has 0 saturated carbocycles. The van der Waals surface area contributed by atoms with Crippen molar-refractivity contribution in [1.29, 1.82) is 0 Å². The molecule has 1 amide bonds. The Bertz CT molecular complexity index is 1400. The second-order valence-electron chi connectivity index (χ2n) is 17.8. The fourth-order valence-electron chi connectivity index (χ4n) is 6.57. The number of hydrogen-bond acceptors (Lipinski definition) is 5. The minimum absolute atomic E-state index is 0.0642. The van der Waals surface area contributed by atoms with Crippen LogP contribution in [0.1, 0.15) is 181 Å². The van der Waals surface area contributed by atoms with Crippen LogP contribution in [0, 0.1) is 0 Å². The highest BCUT2D eigenvalue weighted by molar-refractivity contribution is 7.47. The zero-order valence-corrected chi connectivity index (χ0v) is 42.4. The summed E-state index contributed by atoms with van der Waals surface area (Å²) < 4.78 is 23.6. The standard InChI is InChI=1S/C55H95N2O6P/c1-6-8-10-12-14-16-17-18-19-20-21-22-23-24-25-26-27-28-29-30-31-32-33-34-35-36-37-38-39-41-43-45-47-49-55(59)56-53(52-63-64(60,61)62-51-50-57(3,4)5)54(58)48-46-44-42-40-15-13-11-9-7-2/h8,10,14,16,18-19,21-22,24-25,27-28,30-31,33-34,36-37,53-54,58H,6-7,9,11-13,15,17,20,23,26,29,32,35,38-52H2,1-5H3,(H-,56,59,60,61)/p+1/b10-8-,16-14-,19-18-,22-21-,25-24-,28-27-,31-30-,34-33-,37-36-. The van der Waals surface area contributed by atoms with Gasteiger partial charge in [0.2, 0.25) is 5.91 Å². The van der Waals surface area contributed by atoms with E-state index < -0.39 is 20.0 Å². The van der Waals surface area contributed by atoms with Gasteiger partial charge >= 0.3 is 7.82 Å². The summed E-state index contributed by atoms with van der Waals surface area (Å²) >= 11 is 0. The number of hydrogen-bond donors (Lipinski definition) is 3. The Morgan fingerprint density at radius 2 is 0.938 bits per heavy atom. The number of nitrogens with zero attached hydrogens (tertiary/aromatic N) is 1. The van der Waals surface area contributed by atoms with Crippen molar-refractivity contribution in [1.82, 2.24) is 5.32 Å². The van der Waals surface area contributed by atoms with E-state index in [1.165, 1.54) is 38.5 Å². The van der Waals surface area contributed by atoms with Crippen molar-refractivity contribution in [2.75, 3.05) is 40.9 Å². The van der Waals surface area contributed by atoms with Crippen molar-refractivity contribution in [2.45, 2.75) is 193 Å². The Kier molecular flexibility index (Phi) is 43.3. The lowest BCUT2D eigenvalue weighted by molar-refractivity contribution is -0.870. The third-order valence-corrected chi connectivity index (χ3v) is 11.5. The first-order valence-corrected chi connectivity index (χ1v) is 26.7. The summed E-state index contributed by atoms with van der Waals surface area (Å²) in [6.45, 7) is 4.70. The molecule has 0 bridgehead atoms. The number of aliphatic hydroxyl groups is 1. The number of likely N-dealkylation sites (N-methyl/N-ethyl adjacent to an activating group) is 1. The van der Waals surface area contributed by atoms with Gasteiger partial charge in [0.25, 0.3) is 0 Å². The average molecular weight is 912 g/mol. The second kappa shape index (κ2) is 45.3. The van der Waals surface area contributed by atoms with Gasteiger partial charge in [-0.25, -0.2) is 4.57 Å². The number of allylic oxidation sites excluding steroid dienone is 18. The quantitative estimate of drug-likeness (QED) is 0.0243. The molecule has 0 aromatic carbocycles. The van der Waals surface area contributed by atoms with Gasteiger partial charge in [-0.1, -0.05) is 200 Å². The Balaban J connectivity index is 4.18. The SMILES string of the molecule is CC/C=C\C/C=C\C/C=C\C/C=C\C/C=C\C/C=C\C/C=C\C/C=C\C/C=C\CCCCCCCC(=O)NC(COP(=O)(O)OCC[N+](C)(C)C)C(O)CCCCCCCCCCC. The number of phosphoric acid groups is 1. The molecule has 0 saturated heterocycles. The molecule has 3 atom stereocenters. The summed E-state index contributed by atoms with van der Waals surface area (Å²) in [7, 11) is 1.58. The Hall–Kier alpha value is -2.84. The van der Waals surface area contributed by atoms with Crippen molar-refractivity contribution in [3.63, 3.8) is 0 Å². The van der Waals surface area contributed by atoms with E-state index in [0.29, 0.717) is 23.9 Å². The molecule has 0 rings (SSSR count). The van der Waals surface area contributed by atoms with E-state index in [1.807, 2.05) is 21.1 Å². The van der Waals surface area contributed by atoms with Crippen LogP contribution < -0.4 is 5.32 Å². The minimum atomic E-state index is -4.32. The van der Waals surface area contributed by atoms with Gasteiger partial charge in [0, 0.05) is 6.42 Å². The average Bonchev–Trinajstić information content (AvgIpc) is 3.25. The molecule has 64 heavy (non-hydrogen) atoms. The van der Waals surface area contributed by atoms with Crippen molar-refractivity contribution >= 4 is 13.7 Å². The van der Waals surface area contributed by atoms with Gasteiger partial charge in [-0.2, -0.15) is 0 Å². The van der Waals surface area contributed by atoms with Crippen molar-refractivity contribution in [2.24, 2.45) is 0 Å². The maximum Gasteiger partial charge on any atom is 0.472 e. The number of rotatable bonds is 44. The van der Waals surface area contributed by atoms with Crippen LogP contribution in [0.25, 0.3) is 0 Å². The fraction of sp³-hybridized carbons (Fsp3) is 0.655. The summed E-state index contributed by atoms with van der Waals surface area (Å²) in [4.78, 5) is 23.1. The van der Waals surface area contributed by atoms with Crippen LogP contribution in [0.15, 0.2) is 109 Å². The number of amides is 1. The first kappa shape index (κ1) is 61.2. The van der Waals surface area contributed by atoms with E-state index >= 15 is 0 Å². The summed E-state index contributed by atoms with van der Waals surface area (Å²) in [5, 5.41) is 13.9. The van der Waals surface area contributed by atoms with E-state index in [-0.39, 0.29) is 19.1 Å². The lowest BCUT2D eigenvalue weighted by Crippen LogP contribution is -2.46. The van der Waals surface area contributed by atoms with E-state index in [9.17, 15) is 19.4 Å². The highest BCUT2D eigenvalue weighted by Crippen LogP contribution is 2.43. The summed E-state index contributed by atoms with van der Waals surface area (Å²) in [6, 6.07) is -0.777. The van der Waals surface area contributed by atoms with Gasteiger partial charge in [-0.05, 0) is 83.5 Å². The molecule has 0 heterocycles. The van der Waals surface area contributed by atoms with Crippen LogP contribution in [0.3, 0.4) is 0 Å². The van der Waals surface area contributed by atoms with Crippen molar-refractivity contribution < 1.29 is 32.9 Å². The fourth-order valence-corrected chi connectivity index (χ4v) is 7.30. The van der Waals surface area contributed by atoms with Crippen LogP contribution in [0.4, 0.5) is 0 Å². The smallest absolute Gasteiger partial charge is 0.391 e. The third-order valence-electron chi connectivity index (χ3n) is 10.5. The number of carbonyl (C=O) groups is 1. The lowest BCUT2D eigenvalue weighted by atomic mass is 10.0. The molecule has 3 unspecified atom stereocenters. The van der Waals surface area contributed by atoms with Crippen LogP contribution in [-0.4, -0.2) is 73.4 Å². The van der Waals surface area contributed by atoms with Crippen LogP contribution in [0.5, 0.6) is 0 Å². The van der Waals surface area contributed by atoms with Crippen LogP contribution in [0.2, 0.25) is 0 Å². The first-order chi connectivity index (χ1) is 31.0. The molecule has 8 nitrogen and oxygen atoms in total. The zero-order valence-electron chi connectivity index (χ0n) is 41.5. The molecule has 366 valence electrons. The monoisotopic (exact) mass is 912 g/mol. The summed E-state index contributed by atoms with van der Waals surface area (Å²) in [5.41, 5.74) is 0. The maximum atomic E-state index is 12.9. The normalized spacial score (nSPS) is 15.0. The largest absolute Gasteiger partial charge is 0.472 e. The van der Waals surface area contributed by atoms with Gasteiger partial charge in [0.1, 0.15) is 13.2 Å². The first-order valence-electron chi connectivity index (χ1n) is 25.3. The van der Waals surface area contributed by atoms with Crippen LogP contribution >= 0.6 is 7.82 Å². The predicted octanol–water partition coefficient (Wildman–Crippen LogP) is 14.9. The molecule has 0 spiro atoms. The molecule has 0 fully saturated rings. The highest BCUT2D eigenvalue weighted by atomic mass is 31.2. The molecule has 9 heteroatoms. The van der Waals surface area contributed by atoms with Crippen molar-refractivity contribution in [3.05, 3.63) is 109 Å². The molecule has 0 aromatic heterocycles. The number of nitrogens with one attached hydrogen (secondary N) is 1. The summed E-state index contributed by atoms with van der Waals surface area (Å²) in [6.07, 6.45) is 65.7. The molecule has 0 aliphatic carbocycles. The van der Waals surface area contributed by atoms with E-state index in [2.05, 4.69) is 129 Å². The van der Waals surface area contributed by atoms with Crippen molar-refractivity contribution in [3.8, 4) is 0 Å². The zero-order chi connectivity index (χ0) is 47.1. The van der Waals surface area contributed by atoms with Gasteiger partial charge < -0.3 is 19.8 Å². The Labute approximate surface area is 393 Å². The number of phosphoric ester groups is 1. The highest BCUT2D eigenvalue weighted by Gasteiger charge is 2.28. The second-order valence-corrected chi connectivity index (χ2v) is 19.3. The number of quaternary nitrogens is 1.